The topological polar surface area (TPSA) is 86.8 Å². The molecule has 2 aromatic rings. The predicted molar refractivity (Wildman–Crippen MR) is 101 cm³/mol. The number of rotatable bonds is 4. The lowest BCUT2D eigenvalue weighted by Gasteiger charge is -2.33. The molecule has 0 atom stereocenters. The fourth-order valence-corrected chi connectivity index (χ4v) is 3.44. The highest BCUT2D eigenvalue weighted by atomic mass is 16.1. The van der Waals surface area contributed by atoms with Crippen molar-refractivity contribution in [3.05, 3.63) is 45.8 Å². The molecule has 1 aliphatic rings. The molecule has 0 aliphatic carbocycles. The third-order valence-corrected chi connectivity index (χ3v) is 4.83. The highest BCUT2D eigenvalue weighted by Crippen LogP contribution is 2.23. The SMILES string of the molecule is CCn1ccnc(N2CCC(Nc3cc(C)nc(C)c3C#N)CC2)c1=O. The lowest BCUT2D eigenvalue weighted by molar-refractivity contribution is 0.519. The number of aromatic nitrogens is 3. The number of nitrogens with zero attached hydrogens (tertiary/aromatic N) is 5. The van der Waals surface area contributed by atoms with Gasteiger partial charge in [0, 0.05) is 43.8 Å². The minimum Gasteiger partial charge on any atom is -0.381 e. The van der Waals surface area contributed by atoms with Crippen LogP contribution in [0.15, 0.2) is 23.3 Å². The summed E-state index contributed by atoms with van der Waals surface area (Å²) in [4.78, 5) is 23.1. The van der Waals surface area contributed by atoms with Crippen molar-refractivity contribution in [1.82, 2.24) is 14.5 Å². The fourth-order valence-electron chi connectivity index (χ4n) is 3.44. The van der Waals surface area contributed by atoms with Gasteiger partial charge in [0.15, 0.2) is 5.82 Å². The Bertz CT molecular complexity index is 890. The van der Waals surface area contributed by atoms with Gasteiger partial charge in [-0.1, -0.05) is 0 Å². The summed E-state index contributed by atoms with van der Waals surface area (Å²) in [5, 5.41) is 12.9. The van der Waals surface area contributed by atoms with E-state index in [1.54, 1.807) is 17.0 Å². The smallest absolute Gasteiger partial charge is 0.293 e. The Morgan fingerprint density at radius 3 is 2.73 bits per heavy atom. The van der Waals surface area contributed by atoms with Gasteiger partial charge < -0.3 is 14.8 Å². The molecule has 0 amide bonds. The number of nitriles is 1. The van der Waals surface area contributed by atoms with Gasteiger partial charge in [0.1, 0.15) is 6.07 Å². The van der Waals surface area contributed by atoms with Crippen molar-refractivity contribution in [1.29, 1.82) is 5.26 Å². The Balaban J connectivity index is 1.71. The van der Waals surface area contributed by atoms with E-state index in [9.17, 15) is 10.1 Å². The van der Waals surface area contributed by atoms with Gasteiger partial charge in [-0.05, 0) is 39.7 Å². The Labute approximate surface area is 153 Å². The Morgan fingerprint density at radius 2 is 2.08 bits per heavy atom. The van der Waals surface area contributed by atoms with E-state index in [-0.39, 0.29) is 11.6 Å². The molecule has 3 heterocycles. The molecule has 1 aliphatic heterocycles. The normalized spacial score (nSPS) is 14.9. The van der Waals surface area contributed by atoms with Crippen LogP contribution in [-0.4, -0.2) is 33.7 Å². The molecule has 0 aromatic carbocycles. The predicted octanol–water partition coefficient (Wildman–Crippen LogP) is 2.23. The van der Waals surface area contributed by atoms with E-state index in [0.717, 1.165) is 43.0 Å². The van der Waals surface area contributed by atoms with E-state index < -0.39 is 0 Å². The summed E-state index contributed by atoms with van der Waals surface area (Å²) < 4.78 is 1.67. The first-order chi connectivity index (χ1) is 12.5. The number of hydrogen-bond donors (Lipinski definition) is 1. The third kappa shape index (κ3) is 3.54. The zero-order valence-corrected chi connectivity index (χ0v) is 15.5. The van der Waals surface area contributed by atoms with Crippen molar-refractivity contribution < 1.29 is 0 Å². The van der Waals surface area contributed by atoms with Gasteiger partial charge in [-0.3, -0.25) is 9.78 Å². The first-order valence-corrected chi connectivity index (χ1v) is 8.98. The van der Waals surface area contributed by atoms with Crippen LogP contribution >= 0.6 is 0 Å². The van der Waals surface area contributed by atoms with Crippen LogP contribution in [0.5, 0.6) is 0 Å². The summed E-state index contributed by atoms with van der Waals surface area (Å²) in [5.74, 6) is 0.529. The molecule has 3 rings (SSSR count). The monoisotopic (exact) mass is 352 g/mol. The molecule has 0 bridgehead atoms. The average Bonchev–Trinajstić information content (AvgIpc) is 2.62. The van der Waals surface area contributed by atoms with E-state index in [0.29, 0.717) is 17.9 Å². The van der Waals surface area contributed by atoms with E-state index in [2.05, 4.69) is 26.3 Å². The molecule has 1 N–H and O–H groups in total. The largest absolute Gasteiger partial charge is 0.381 e. The Hall–Kier alpha value is -2.88. The maximum atomic E-state index is 12.4. The molecular weight excluding hydrogens is 328 g/mol. The minimum atomic E-state index is -0.0337. The second kappa shape index (κ2) is 7.56. The molecule has 0 saturated carbocycles. The second-order valence-electron chi connectivity index (χ2n) is 6.63. The highest BCUT2D eigenvalue weighted by Gasteiger charge is 2.23. The molecule has 2 aromatic heterocycles. The van der Waals surface area contributed by atoms with Crippen LogP contribution in [0.4, 0.5) is 11.5 Å². The number of aryl methyl sites for hydroxylation is 3. The number of nitrogens with one attached hydrogen (secondary N) is 1. The quantitative estimate of drug-likeness (QED) is 0.908. The maximum Gasteiger partial charge on any atom is 0.293 e. The summed E-state index contributed by atoms with van der Waals surface area (Å²) >= 11 is 0. The van der Waals surface area contributed by atoms with E-state index in [1.807, 2.05) is 26.8 Å². The molecule has 7 nitrogen and oxygen atoms in total. The lowest BCUT2D eigenvalue weighted by Crippen LogP contribution is -2.42. The van der Waals surface area contributed by atoms with Crippen LogP contribution in [0.2, 0.25) is 0 Å². The van der Waals surface area contributed by atoms with Crippen molar-refractivity contribution in [2.75, 3.05) is 23.3 Å². The molecule has 136 valence electrons. The van der Waals surface area contributed by atoms with Gasteiger partial charge in [0.05, 0.1) is 16.9 Å². The van der Waals surface area contributed by atoms with Crippen molar-refractivity contribution >= 4 is 11.5 Å². The van der Waals surface area contributed by atoms with Gasteiger partial charge in [-0.2, -0.15) is 5.26 Å². The molecular formula is C19H24N6O. The molecule has 0 radical (unpaired) electrons. The van der Waals surface area contributed by atoms with Crippen LogP contribution in [-0.2, 0) is 6.54 Å². The summed E-state index contributed by atoms with van der Waals surface area (Å²) in [5.41, 5.74) is 3.07. The van der Waals surface area contributed by atoms with Gasteiger partial charge in [-0.15, -0.1) is 0 Å². The number of hydrogen-bond acceptors (Lipinski definition) is 6. The molecule has 7 heteroatoms. The van der Waals surface area contributed by atoms with Crippen molar-refractivity contribution in [3.63, 3.8) is 0 Å². The number of anilines is 2. The standard InChI is InChI=1S/C19H24N6O/c1-4-24-10-7-21-18(19(24)26)25-8-5-15(6-9-25)23-17-11-13(2)22-14(3)16(17)12-20/h7,10-11,15H,4-6,8-9H2,1-3H3,(H,22,23). The summed E-state index contributed by atoms with van der Waals surface area (Å²) in [6.45, 7) is 7.91. The molecule has 0 spiro atoms. The highest BCUT2D eigenvalue weighted by molar-refractivity contribution is 5.60. The zero-order chi connectivity index (χ0) is 18.7. The molecule has 26 heavy (non-hydrogen) atoms. The fraction of sp³-hybridized carbons (Fsp3) is 0.474. The second-order valence-corrected chi connectivity index (χ2v) is 6.63. The van der Waals surface area contributed by atoms with Gasteiger partial charge in [-0.25, -0.2) is 4.98 Å². The Morgan fingerprint density at radius 1 is 1.35 bits per heavy atom. The first kappa shape index (κ1) is 17.9. The number of pyridine rings is 1. The molecule has 1 saturated heterocycles. The van der Waals surface area contributed by atoms with Crippen LogP contribution in [0.3, 0.4) is 0 Å². The zero-order valence-electron chi connectivity index (χ0n) is 15.5. The van der Waals surface area contributed by atoms with Crippen molar-refractivity contribution in [2.24, 2.45) is 0 Å². The summed E-state index contributed by atoms with van der Waals surface area (Å²) in [6, 6.07) is 4.43. The van der Waals surface area contributed by atoms with Crippen LogP contribution in [0.1, 0.15) is 36.7 Å². The van der Waals surface area contributed by atoms with Crippen molar-refractivity contribution in [2.45, 2.75) is 46.2 Å². The minimum absolute atomic E-state index is 0.0337. The lowest BCUT2D eigenvalue weighted by atomic mass is 10.0. The first-order valence-electron chi connectivity index (χ1n) is 8.98. The van der Waals surface area contributed by atoms with Crippen molar-refractivity contribution in [3.8, 4) is 6.07 Å². The van der Waals surface area contributed by atoms with Crippen LogP contribution in [0, 0.1) is 25.2 Å². The van der Waals surface area contributed by atoms with Crippen LogP contribution < -0.4 is 15.8 Å². The van der Waals surface area contributed by atoms with E-state index in [1.165, 1.54) is 0 Å². The Kier molecular flexibility index (Phi) is 5.21. The van der Waals surface area contributed by atoms with Gasteiger partial charge in [0.2, 0.25) is 0 Å². The number of piperidine rings is 1. The van der Waals surface area contributed by atoms with Gasteiger partial charge in [0.25, 0.3) is 5.56 Å². The third-order valence-electron chi connectivity index (χ3n) is 4.83. The summed E-state index contributed by atoms with van der Waals surface area (Å²) in [7, 11) is 0. The average molecular weight is 352 g/mol. The summed E-state index contributed by atoms with van der Waals surface area (Å²) in [6.07, 6.45) is 5.17. The van der Waals surface area contributed by atoms with Gasteiger partial charge >= 0.3 is 0 Å². The molecule has 1 fully saturated rings. The molecule has 0 unspecified atom stereocenters. The van der Waals surface area contributed by atoms with E-state index >= 15 is 0 Å². The van der Waals surface area contributed by atoms with E-state index in [4.69, 9.17) is 0 Å². The van der Waals surface area contributed by atoms with Crippen LogP contribution in [0.25, 0.3) is 0 Å². The maximum absolute atomic E-state index is 12.4.